The lowest BCUT2D eigenvalue weighted by molar-refractivity contribution is -0.134. The standard InChI is InChI=1S/C23H23N7O2/c24-10-15-11-25-23(26-12-15)29-13-16-8-9-17(14-29)30(16)21(31)7-3-6-20-18-4-1-2-5-19(18)22(32)28-27-20/h1-2,4-5,11-12,16-17H,3,6-9,13-14H2,(H,28,32). The monoisotopic (exact) mass is 429 g/mol. The normalized spacial score (nSPS) is 19.8. The van der Waals surface area contributed by atoms with Crippen molar-refractivity contribution in [1.82, 2.24) is 25.1 Å². The third-order valence-corrected chi connectivity index (χ3v) is 6.40. The van der Waals surface area contributed by atoms with Gasteiger partial charge in [0.2, 0.25) is 11.9 Å². The molecule has 2 aromatic heterocycles. The molecule has 9 nitrogen and oxygen atoms in total. The third-order valence-electron chi connectivity index (χ3n) is 6.40. The average molecular weight is 429 g/mol. The molecule has 2 saturated heterocycles. The van der Waals surface area contributed by atoms with Gasteiger partial charge in [0.25, 0.3) is 5.56 Å². The van der Waals surface area contributed by atoms with E-state index in [4.69, 9.17) is 5.26 Å². The van der Waals surface area contributed by atoms with Gasteiger partial charge < -0.3 is 9.80 Å². The van der Waals surface area contributed by atoms with E-state index in [1.54, 1.807) is 6.07 Å². The Labute approximate surface area is 184 Å². The van der Waals surface area contributed by atoms with Crippen molar-refractivity contribution in [2.75, 3.05) is 18.0 Å². The molecule has 2 bridgehead atoms. The number of nitrogens with one attached hydrogen (secondary N) is 1. The molecule has 2 fully saturated rings. The number of piperazine rings is 1. The number of anilines is 1. The Balaban J connectivity index is 1.21. The molecule has 0 aliphatic carbocycles. The van der Waals surface area contributed by atoms with E-state index in [0.29, 0.717) is 49.2 Å². The first-order valence-corrected chi connectivity index (χ1v) is 10.9. The number of aromatic amines is 1. The second-order valence-electron chi connectivity index (χ2n) is 8.37. The van der Waals surface area contributed by atoms with Crippen molar-refractivity contribution < 1.29 is 4.79 Å². The van der Waals surface area contributed by atoms with E-state index in [1.807, 2.05) is 24.3 Å². The molecule has 1 aromatic carbocycles. The predicted molar refractivity (Wildman–Crippen MR) is 118 cm³/mol. The molecule has 2 aliphatic rings. The van der Waals surface area contributed by atoms with Crippen LogP contribution >= 0.6 is 0 Å². The number of nitriles is 1. The molecule has 0 radical (unpaired) electrons. The van der Waals surface area contributed by atoms with Crippen LogP contribution in [0.15, 0.2) is 41.5 Å². The summed E-state index contributed by atoms with van der Waals surface area (Å²) >= 11 is 0. The minimum Gasteiger partial charge on any atom is -0.337 e. The molecule has 2 unspecified atom stereocenters. The van der Waals surface area contributed by atoms with Gasteiger partial charge in [-0.2, -0.15) is 10.4 Å². The van der Waals surface area contributed by atoms with E-state index in [9.17, 15) is 9.59 Å². The van der Waals surface area contributed by atoms with Gasteiger partial charge in [-0.15, -0.1) is 0 Å². The van der Waals surface area contributed by atoms with Crippen LogP contribution in [0, 0.1) is 11.3 Å². The molecular formula is C23H23N7O2. The van der Waals surface area contributed by atoms with Crippen molar-refractivity contribution in [3.8, 4) is 6.07 Å². The minimum atomic E-state index is -0.193. The van der Waals surface area contributed by atoms with Crippen LogP contribution in [0.4, 0.5) is 5.95 Å². The Morgan fingerprint density at radius 1 is 1.12 bits per heavy atom. The molecule has 0 spiro atoms. The van der Waals surface area contributed by atoms with Crippen LogP contribution in [0.2, 0.25) is 0 Å². The van der Waals surface area contributed by atoms with Crippen LogP contribution in [0.1, 0.15) is 36.9 Å². The van der Waals surface area contributed by atoms with E-state index >= 15 is 0 Å². The van der Waals surface area contributed by atoms with Gasteiger partial charge >= 0.3 is 0 Å². The molecule has 4 heterocycles. The minimum absolute atomic E-state index is 0.160. The molecule has 162 valence electrons. The number of carbonyl (C=O) groups excluding carboxylic acids is 1. The van der Waals surface area contributed by atoms with Crippen LogP contribution in [0.25, 0.3) is 10.8 Å². The van der Waals surface area contributed by atoms with E-state index in [2.05, 4.69) is 30.0 Å². The van der Waals surface area contributed by atoms with Crippen LogP contribution < -0.4 is 10.5 Å². The number of carbonyl (C=O) groups is 1. The number of benzene rings is 1. The summed E-state index contributed by atoms with van der Waals surface area (Å²) in [4.78, 5) is 37.8. The topological polar surface area (TPSA) is 119 Å². The van der Waals surface area contributed by atoms with Crippen LogP contribution in [0.3, 0.4) is 0 Å². The largest absolute Gasteiger partial charge is 0.337 e. The van der Waals surface area contributed by atoms with Gasteiger partial charge in [0, 0.05) is 37.0 Å². The van der Waals surface area contributed by atoms with Crippen molar-refractivity contribution in [3.05, 3.63) is 58.3 Å². The number of amides is 1. The highest BCUT2D eigenvalue weighted by molar-refractivity contribution is 5.83. The number of fused-ring (bicyclic) bond motifs is 3. The second kappa shape index (κ2) is 8.38. The molecule has 3 aromatic rings. The first-order chi connectivity index (χ1) is 15.6. The zero-order valence-electron chi connectivity index (χ0n) is 17.6. The van der Waals surface area contributed by atoms with Crippen LogP contribution in [-0.2, 0) is 11.2 Å². The lowest BCUT2D eigenvalue weighted by Gasteiger charge is -2.41. The summed E-state index contributed by atoms with van der Waals surface area (Å²) in [6.45, 7) is 1.42. The number of hydrogen-bond acceptors (Lipinski definition) is 7. The molecule has 2 aliphatic heterocycles. The maximum Gasteiger partial charge on any atom is 0.272 e. The highest BCUT2D eigenvalue weighted by Gasteiger charge is 2.42. The number of rotatable bonds is 5. The van der Waals surface area contributed by atoms with Gasteiger partial charge in [-0.05, 0) is 31.7 Å². The fraction of sp³-hybridized carbons (Fsp3) is 0.391. The highest BCUT2D eigenvalue weighted by atomic mass is 16.2. The summed E-state index contributed by atoms with van der Waals surface area (Å²) in [7, 11) is 0. The zero-order chi connectivity index (χ0) is 22.1. The van der Waals surface area contributed by atoms with Crippen molar-refractivity contribution in [3.63, 3.8) is 0 Å². The lowest BCUT2D eigenvalue weighted by Crippen LogP contribution is -2.56. The molecule has 1 N–H and O–H groups in total. The molecular weight excluding hydrogens is 406 g/mol. The van der Waals surface area contributed by atoms with Gasteiger partial charge in [0.05, 0.1) is 29.0 Å². The molecule has 9 heteroatoms. The van der Waals surface area contributed by atoms with Gasteiger partial charge in [0.1, 0.15) is 6.07 Å². The number of aromatic nitrogens is 4. The lowest BCUT2D eigenvalue weighted by atomic mass is 10.1. The maximum absolute atomic E-state index is 13.1. The summed E-state index contributed by atoms with van der Waals surface area (Å²) in [6.07, 6.45) is 6.81. The fourth-order valence-electron chi connectivity index (χ4n) is 4.91. The van der Waals surface area contributed by atoms with E-state index in [0.717, 1.165) is 23.9 Å². The number of H-pyrrole nitrogens is 1. The quantitative estimate of drug-likeness (QED) is 0.657. The van der Waals surface area contributed by atoms with E-state index in [1.165, 1.54) is 12.4 Å². The van der Waals surface area contributed by atoms with Crippen molar-refractivity contribution in [2.45, 2.75) is 44.2 Å². The van der Waals surface area contributed by atoms with Gasteiger partial charge in [0.15, 0.2) is 0 Å². The summed E-state index contributed by atoms with van der Waals surface area (Å²) in [6, 6.07) is 9.78. The third kappa shape index (κ3) is 3.68. The number of hydrogen-bond donors (Lipinski definition) is 1. The van der Waals surface area contributed by atoms with Gasteiger partial charge in [-0.1, -0.05) is 18.2 Å². The predicted octanol–water partition coefficient (Wildman–Crippen LogP) is 1.79. The summed E-state index contributed by atoms with van der Waals surface area (Å²) in [5.41, 5.74) is 1.06. The molecule has 1 amide bonds. The zero-order valence-corrected chi connectivity index (χ0v) is 17.6. The SMILES string of the molecule is N#Cc1cnc(N2CC3CCC(C2)N3C(=O)CCCc2n[nH]c(=O)c3ccccc23)nc1. The van der Waals surface area contributed by atoms with E-state index < -0.39 is 0 Å². The van der Waals surface area contributed by atoms with Gasteiger partial charge in [-0.3, -0.25) is 9.59 Å². The number of aryl methyl sites for hydroxylation is 1. The summed E-state index contributed by atoms with van der Waals surface area (Å²) in [5.74, 6) is 0.788. The Morgan fingerprint density at radius 2 is 1.81 bits per heavy atom. The molecule has 2 atom stereocenters. The van der Waals surface area contributed by atoms with Gasteiger partial charge in [-0.25, -0.2) is 15.1 Å². The first-order valence-electron chi connectivity index (χ1n) is 10.9. The molecule has 32 heavy (non-hydrogen) atoms. The molecule has 5 rings (SSSR count). The Morgan fingerprint density at radius 3 is 2.50 bits per heavy atom. The van der Waals surface area contributed by atoms with Crippen molar-refractivity contribution in [2.24, 2.45) is 0 Å². The Bertz CT molecular complexity index is 1230. The maximum atomic E-state index is 13.1. The van der Waals surface area contributed by atoms with Crippen LogP contribution in [-0.4, -0.2) is 56.1 Å². The Kier molecular flexibility index (Phi) is 5.27. The first kappa shape index (κ1) is 20.1. The smallest absolute Gasteiger partial charge is 0.272 e. The Hall–Kier alpha value is -3.80. The molecule has 0 saturated carbocycles. The van der Waals surface area contributed by atoms with Crippen LogP contribution in [0.5, 0.6) is 0 Å². The van der Waals surface area contributed by atoms with Crippen molar-refractivity contribution in [1.29, 1.82) is 5.26 Å². The fourth-order valence-corrected chi connectivity index (χ4v) is 4.91. The second-order valence-corrected chi connectivity index (χ2v) is 8.37. The average Bonchev–Trinajstić information content (AvgIpc) is 3.10. The number of nitrogens with zero attached hydrogens (tertiary/aromatic N) is 6. The highest BCUT2D eigenvalue weighted by Crippen LogP contribution is 2.32. The van der Waals surface area contributed by atoms with E-state index in [-0.39, 0.29) is 23.6 Å². The summed E-state index contributed by atoms with van der Waals surface area (Å²) in [5, 5.41) is 17.2. The summed E-state index contributed by atoms with van der Waals surface area (Å²) < 4.78 is 0. The van der Waals surface area contributed by atoms with Crippen molar-refractivity contribution >= 4 is 22.6 Å².